The number of methoxy groups -OCH3 is 1. The van der Waals surface area contributed by atoms with Gasteiger partial charge < -0.3 is 10.1 Å². The molecule has 0 aromatic heterocycles. The summed E-state index contributed by atoms with van der Waals surface area (Å²) in [7, 11) is 3.79. The SMILES string of the molecule is CNCCC1CCN(Cc2ccc(C)c(OC)c2)CC1. The van der Waals surface area contributed by atoms with E-state index in [2.05, 4.69) is 35.3 Å². The number of aryl methyl sites for hydroxylation is 1. The van der Waals surface area contributed by atoms with Gasteiger partial charge in [0.15, 0.2) is 0 Å². The third-order valence-corrected chi connectivity index (χ3v) is 4.39. The van der Waals surface area contributed by atoms with E-state index in [0.29, 0.717) is 0 Å². The lowest BCUT2D eigenvalue weighted by Crippen LogP contribution is -2.34. The van der Waals surface area contributed by atoms with Crippen LogP contribution < -0.4 is 10.1 Å². The first-order valence-corrected chi connectivity index (χ1v) is 7.73. The van der Waals surface area contributed by atoms with Gasteiger partial charge in [0.25, 0.3) is 0 Å². The van der Waals surface area contributed by atoms with Gasteiger partial charge in [-0.05, 0) is 76.0 Å². The molecule has 0 atom stereocenters. The standard InChI is InChI=1S/C17H28N2O/c1-14-4-5-16(12-17(14)20-3)13-19-10-7-15(8-11-19)6-9-18-2/h4-5,12,15,18H,6-11,13H2,1-3H3. The maximum Gasteiger partial charge on any atom is 0.122 e. The Hall–Kier alpha value is -1.06. The molecule has 20 heavy (non-hydrogen) atoms. The average molecular weight is 276 g/mol. The number of piperidine rings is 1. The molecule has 1 aliphatic rings. The van der Waals surface area contributed by atoms with E-state index in [4.69, 9.17) is 4.74 Å². The Kier molecular flexibility index (Phi) is 5.86. The molecule has 0 radical (unpaired) electrons. The number of hydrogen-bond acceptors (Lipinski definition) is 3. The van der Waals surface area contributed by atoms with Gasteiger partial charge in [0, 0.05) is 6.54 Å². The van der Waals surface area contributed by atoms with Crippen molar-refractivity contribution in [2.75, 3.05) is 33.8 Å². The van der Waals surface area contributed by atoms with Crippen molar-refractivity contribution in [1.82, 2.24) is 10.2 Å². The van der Waals surface area contributed by atoms with Crippen LogP contribution >= 0.6 is 0 Å². The van der Waals surface area contributed by atoms with E-state index in [-0.39, 0.29) is 0 Å². The summed E-state index contributed by atoms with van der Waals surface area (Å²) in [6.07, 6.45) is 4.00. The molecule has 112 valence electrons. The third-order valence-electron chi connectivity index (χ3n) is 4.39. The minimum absolute atomic E-state index is 0.909. The smallest absolute Gasteiger partial charge is 0.122 e. The first kappa shape index (κ1) is 15.3. The van der Waals surface area contributed by atoms with E-state index >= 15 is 0 Å². The highest BCUT2D eigenvalue weighted by atomic mass is 16.5. The fourth-order valence-corrected chi connectivity index (χ4v) is 3.00. The summed E-state index contributed by atoms with van der Waals surface area (Å²) in [5.41, 5.74) is 2.57. The molecular formula is C17H28N2O. The predicted molar refractivity (Wildman–Crippen MR) is 84.3 cm³/mol. The van der Waals surface area contributed by atoms with Crippen LogP contribution in [0.25, 0.3) is 0 Å². The van der Waals surface area contributed by atoms with Gasteiger partial charge in [-0.2, -0.15) is 0 Å². The van der Waals surface area contributed by atoms with Crippen LogP contribution in [0.1, 0.15) is 30.4 Å². The summed E-state index contributed by atoms with van der Waals surface area (Å²) < 4.78 is 5.41. The van der Waals surface area contributed by atoms with Crippen molar-refractivity contribution in [3.05, 3.63) is 29.3 Å². The van der Waals surface area contributed by atoms with Gasteiger partial charge >= 0.3 is 0 Å². The van der Waals surface area contributed by atoms with Gasteiger partial charge in [0.2, 0.25) is 0 Å². The molecule has 0 spiro atoms. The summed E-state index contributed by atoms with van der Waals surface area (Å²) in [6, 6.07) is 6.57. The molecule has 1 fully saturated rings. The van der Waals surface area contributed by atoms with Crippen molar-refractivity contribution >= 4 is 0 Å². The van der Waals surface area contributed by atoms with Crippen LogP contribution in [0.3, 0.4) is 0 Å². The zero-order valence-electron chi connectivity index (χ0n) is 13.1. The monoisotopic (exact) mass is 276 g/mol. The van der Waals surface area contributed by atoms with E-state index in [1.54, 1.807) is 7.11 Å². The van der Waals surface area contributed by atoms with Crippen molar-refractivity contribution in [2.45, 2.75) is 32.7 Å². The minimum atomic E-state index is 0.909. The molecule has 2 rings (SSSR count). The highest BCUT2D eigenvalue weighted by Crippen LogP contribution is 2.24. The van der Waals surface area contributed by atoms with Crippen LogP contribution in [0, 0.1) is 12.8 Å². The Morgan fingerprint density at radius 2 is 2.05 bits per heavy atom. The van der Waals surface area contributed by atoms with Crippen molar-refractivity contribution in [1.29, 1.82) is 0 Å². The molecule has 3 nitrogen and oxygen atoms in total. The fraction of sp³-hybridized carbons (Fsp3) is 0.647. The lowest BCUT2D eigenvalue weighted by atomic mass is 9.93. The van der Waals surface area contributed by atoms with Gasteiger partial charge in [-0.15, -0.1) is 0 Å². The van der Waals surface area contributed by atoms with Crippen molar-refractivity contribution in [3.8, 4) is 5.75 Å². The molecule has 3 heteroatoms. The number of rotatable bonds is 6. The molecule has 0 unspecified atom stereocenters. The van der Waals surface area contributed by atoms with Gasteiger partial charge in [-0.3, -0.25) is 4.90 Å². The minimum Gasteiger partial charge on any atom is -0.496 e. The number of nitrogens with zero attached hydrogens (tertiary/aromatic N) is 1. The van der Waals surface area contributed by atoms with Crippen LogP contribution in [-0.4, -0.2) is 38.7 Å². The molecule has 0 saturated carbocycles. The first-order chi connectivity index (χ1) is 9.72. The number of benzene rings is 1. The highest BCUT2D eigenvalue weighted by molar-refractivity contribution is 5.36. The van der Waals surface area contributed by atoms with Crippen LogP contribution in [0.4, 0.5) is 0 Å². The molecule has 1 saturated heterocycles. The van der Waals surface area contributed by atoms with Gasteiger partial charge in [-0.1, -0.05) is 12.1 Å². The van der Waals surface area contributed by atoms with Crippen LogP contribution in [-0.2, 0) is 6.54 Å². The number of hydrogen-bond donors (Lipinski definition) is 1. The van der Waals surface area contributed by atoms with Crippen molar-refractivity contribution < 1.29 is 4.74 Å². The van der Waals surface area contributed by atoms with E-state index in [1.165, 1.54) is 43.5 Å². The molecule has 0 amide bonds. The second-order valence-corrected chi connectivity index (χ2v) is 5.92. The van der Waals surface area contributed by atoms with Crippen molar-refractivity contribution in [3.63, 3.8) is 0 Å². The van der Waals surface area contributed by atoms with E-state index in [0.717, 1.165) is 24.8 Å². The fourth-order valence-electron chi connectivity index (χ4n) is 3.00. The Morgan fingerprint density at radius 1 is 1.30 bits per heavy atom. The summed E-state index contributed by atoms with van der Waals surface area (Å²) >= 11 is 0. The van der Waals surface area contributed by atoms with Crippen LogP contribution in [0.15, 0.2) is 18.2 Å². The van der Waals surface area contributed by atoms with E-state index in [1.807, 2.05) is 7.05 Å². The summed E-state index contributed by atoms with van der Waals surface area (Å²) in [6.45, 7) is 6.75. The molecule has 1 aromatic carbocycles. The predicted octanol–water partition coefficient (Wildman–Crippen LogP) is 2.83. The quantitative estimate of drug-likeness (QED) is 0.864. The molecule has 1 aromatic rings. The molecule has 1 heterocycles. The summed E-state index contributed by atoms with van der Waals surface area (Å²) in [5.74, 6) is 1.91. The Morgan fingerprint density at radius 3 is 2.70 bits per heavy atom. The molecule has 1 aliphatic heterocycles. The molecule has 0 aliphatic carbocycles. The maximum absolute atomic E-state index is 5.41. The normalized spacial score (nSPS) is 17.4. The third kappa shape index (κ3) is 4.22. The van der Waals surface area contributed by atoms with E-state index in [9.17, 15) is 0 Å². The highest BCUT2D eigenvalue weighted by Gasteiger charge is 2.18. The number of nitrogens with one attached hydrogen (secondary N) is 1. The zero-order valence-corrected chi connectivity index (χ0v) is 13.1. The van der Waals surface area contributed by atoms with Gasteiger partial charge in [-0.25, -0.2) is 0 Å². The van der Waals surface area contributed by atoms with Crippen molar-refractivity contribution in [2.24, 2.45) is 5.92 Å². The Bertz CT molecular complexity index is 411. The lowest BCUT2D eigenvalue weighted by molar-refractivity contribution is 0.172. The topological polar surface area (TPSA) is 24.5 Å². The second-order valence-electron chi connectivity index (χ2n) is 5.92. The maximum atomic E-state index is 5.41. The Balaban J connectivity index is 1.83. The average Bonchev–Trinajstić information content (AvgIpc) is 2.48. The number of likely N-dealkylation sites (tertiary alicyclic amines) is 1. The number of ether oxygens (including phenoxy) is 1. The largest absolute Gasteiger partial charge is 0.496 e. The second kappa shape index (κ2) is 7.65. The molecular weight excluding hydrogens is 248 g/mol. The zero-order chi connectivity index (χ0) is 14.4. The van der Waals surface area contributed by atoms with Gasteiger partial charge in [0.1, 0.15) is 5.75 Å². The summed E-state index contributed by atoms with van der Waals surface area (Å²) in [4.78, 5) is 2.57. The summed E-state index contributed by atoms with van der Waals surface area (Å²) in [5, 5.41) is 3.26. The molecule has 1 N–H and O–H groups in total. The lowest BCUT2D eigenvalue weighted by Gasteiger charge is -2.32. The van der Waals surface area contributed by atoms with Crippen LogP contribution in [0.2, 0.25) is 0 Å². The molecule has 0 bridgehead atoms. The Labute approximate surface area is 123 Å². The van der Waals surface area contributed by atoms with E-state index < -0.39 is 0 Å². The first-order valence-electron chi connectivity index (χ1n) is 7.73. The van der Waals surface area contributed by atoms with Crippen LogP contribution in [0.5, 0.6) is 5.75 Å². The van der Waals surface area contributed by atoms with Gasteiger partial charge in [0.05, 0.1) is 7.11 Å².